The number of likely N-dealkylation sites (tertiary alicyclic amines) is 1. The number of carbonyl (C=O) groups excluding carboxylic acids is 2. The molecule has 0 bridgehead atoms. The molecule has 0 atom stereocenters. The second-order valence-electron chi connectivity index (χ2n) is 7.48. The number of carbonyl (C=O) groups is 2. The molecule has 2 aliphatic rings. The SMILES string of the molecule is O=C(CN1CCC(CNC(=O)c2cc(F)cc(Cl)c2)CC1)OC1CCCC1. The molecular weight excluding hydrogens is 371 g/mol. The van der Waals surface area contributed by atoms with Crippen molar-refractivity contribution in [2.24, 2.45) is 5.92 Å². The van der Waals surface area contributed by atoms with Crippen LogP contribution in [0.4, 0.5) is 4.39 Å². The molecule has 1 aliphatic heterocycles. The molecule has 0 aromatic heterocycles. The lowest BCUT2D eigenvalue weighted by atomic mass is 9.96. The second-order valence-corrected chi connectivity index (χ2v) is 7.92. The normalized spacial score (nSPS) is 19.2. The summed E-state index contributed by atoms with van der Waals surface area (Å²) in [5.74, 6) is -0.624. The van der Waals surface area contributed by atoms with E-state index >= 15 is 0 Å². The first kappa shape index (κ1) is 20.1. The van der Waals surface area contributed by atoms with E-state index < -0.39 is 5.82 Å². The number of benzene rings is 1. The van der Waals surface area contributed by atoms with Crippen molar-refractivity contribution < 1.29 is 18.7 Å². The van der Waals surface area contributed by atoms with Gasteiger partial charge in [0.05, 0.1) is 6.54 Å². The number of rotatable bonds is 6. The summed E-state index contributed by atoms with van der Waals surface area (Å²) >= 11 is 5.79. The Kier molecular flexibility index (Phi) is 7.07. The standard InChI is InChI=1S/C20H26ClFN2O3/c21-16-9-15(10-17(22)11-16)20(26)23-12-14-5-7-24(8-6-14)13-19(25)27-18-3-1-2-4-18/h9-11,14,18H,1-8,12-13H2,(H,23,26). The Morgan fingerprint density at radius 2 is 1.85 bits per heavy atom. The third-order valence-electron chi connectivity index (χ3n) is 5.34. The summed E-state index contributed by atoms with van der Waals surface area (Å²) in [7, 11) is 0. The van der Waals surface area contributed by atoms with Gasteiger partial charge in [0.15, 0.2) is 0 Å². The van der Waals surface area contributed by atoms with Gasteiger partial charge >= 0.3 is 5.97 Å². The maximum absolute atomic E-state index is 13.4. The van der Waals surface area contributed by atoms with Crippen LogP contribution >= 0.6 is 11.6 Å². The van der Waals surface area contributed by atoms with Crippen LogP contribution in [-0.2, 0) is 9.53 Å². The fourth-order valence-corrected chi connectivity index (χ4v) is 4.01. The summed E-state index contributed by atoms with van der Waals surface area (Å²) < 4.78 is 18.9. The maximum Gasteiger partial charge on any atom is 0.320 e. The van der Waals surface area contributed by atoms with E-state index in [0.717, 1.165) is 51.6 Å². The van der Waals surface area contributed by atoms with Gasteiger partial charge in [0, 0.05) is 17.1 Å². The number of halogens is 2. The lowest BCUT2D eigenvalue weighted by molar-refractivity contribution is -0.150. The van der Waals surface area contributed by atoms with Gasteiger partial charge in [-0.25, -0.2) is 4.39 Å². The van der Waals surface area contributed by atoms with Crippen LogP contribution in [-0.4, -0.2) is 49.1 Å². The summed E-state index contributed by atoms with van der Waals surface area (Å²) in [4.78, 5) is 26.3. The van der Waals surface area contributed by atoms with Crippen LogP contribution in [0.2, 0.25) is 5.02 Å². The van der Waals surface area contributed by atoms with Gasteiger partial charge < -0.3 is 10.1 Å². The quantitative estimate of drug-likeness (QED) is 0.748. The highest BCUT2D eigenvalue weighted by Gasteiger charge is 2.24. The Balaban J connectivity index is 1.36. The Bertz CT molecular complexity index is 651. The molecule has 1 N–H and O–H groups in total. The molecule has 1 aliphatic carbocycles. The van der Waals surface area contributed by atoms with Crippen LogP contribution in [0.3, 0.4) is 0 Å². The monoisotopic (exact) mass is 396 g/mol. The van der Waals surface area contributed by atoms with E-state index in [0.29, 0.717) is 19.0 Å². The van der Waals surface area contributed by atoms with Crippen molar-refractivity contribution in [3.8, 4) is 0 Å². The molecule has 1 saturated heterocycles. The van der Waals surface area contributed by atoms with E-state index in [1.165, 1.54) is 18.2 Å². The molecule has 1 aromatic rings. The van der Waals surface area contributed by atoms with Crippen molar-refractivity contribution in [3.63, 3.8) is 0 Å². The predicted octanol–water partition coefficient (Wildman–Crippen LogP) is 3.41. The van der Waals surface area contributed by atoms with Crippen molar-refractivity contribution in [2.45, 2.75) is 44.6 Å². The average molecular weight is 397 g/mol. The summed E-state index contributed by atoms with van der Waals surface area (Å²) in [6.07, 6.45) is 6.20. The molecule has 1 heterocycles. The number of esters is 1. The van der Waals surface area contributed by atoms with Gasteiger partial charge in [-0.2, -0.15) is 0 Å². The molecule has 5 nitrogen and oxygen atoms in total. The smallest absolute Gasteiger partial charge is 0.320 e. The van der Waals surface area contributed by atoms with Gasteiger partial charge in [0.25, 0.3) is 5.91 Å². The van der Waals surface area contributed by atoms with Crippen LogP contribution in [0.5, 0.6) is 0 Å². The molecule has 0 radical (unpaired) electrons. The third kappa shape index (κ3) is 6.18. The number of nitrogens with one attached hydrogen (secondary N) is 1. The largest absolute Gasteiger partial charge is 0.461 e. The van der Waals surface area contributed by atoms with Crippen LogP contribution < -0.4 is 5.32 Å². The number of ether oxygens (including phenoxy) is 1. The van der Waals surface area contributed by atoms with Crippen LogP contribution in [0.15, 0.2) is 18.2 Å². The predicted molar refractivity (Wildman–Crippen MR) is 101 cm³/mol. The van der Waals surface area contributed by atoms with Gasteiger partial charge in [0.2, 0.25) is 0 Å². The first-order valence-electron chi connectivity index (χ1n) is 9.66. The Morgan fingerprint density at radius 1 is 1.15 bits per heavy atom. The summed E-state index contributed by atoms with van der Waals surface area (Å²) in [5.41, 5.74) is 0.229. The van der Waals surface area contributed by atoms with Gasteiger partial charge in [-0.3, -0.25) is 14.5 Å². The van der Waals surface area contributed by atoms with Gasteiger partial charge in [-0.15, -0.1) is 0 Å². The molecule has 1 aromatic carbocycles. The molecule has 3 rings (SSSR count). The lowest BCUT2D eigenvalue weighted by Gasteiger charge is -2.31. The third-order valence-corrected chi connectivity index (χ3v) is 5.55. The average Bonchev–Trinajstić information content (AvgIpc) is 3.13. The van der Waals surface area contributed by atoms with Gasteiger partial charge in [-0.1, -0.05) is 11.6 Å². The zero-order valence-electron chi connectivity index (χ0n) is 15.4. The van der Waals surface area contributed by atoms with Crippen LogP contribution in [0.1, 0.15) is 48.9 Å². The number of hydrogen-bond donors (Lipinski definition) is 1. The first-order valence-corrected chi connectivity index (χ1v) is 10.0. The fraction of sp³-hybridized carbons (Fsp3) is 0.600. The number of amides is 1. The molecule has 1 saturated carbocycles. The van der Waals surface area contributed by atoms with Crippen molar-refractivity contribution in [1.29, 1.82) is 0 Å². The van der Waals surface area contributed by atoms with Crippen LogP contribution in [0, 0.1) is 11.7 Å². The van der Waals surface area contributed by atoms with E-state index in [1.54, 1.807) is 0 Å². The molecule has 1 amide bonds. The summed E-state index contributed by atoms with van der Waals surface area (Å²) in [5, 5.41) is 3.06. The van der Waals surface area contributed by atoms with E-state index in [4.69, 9.17) is 16.3 Å². The highest BCUT2D eigenvalue weighted by molar-refractivity contribution is 6.31. The summed E-state index contributed by atoms with van der Waals surface area (Å²) in [6, 6.07) is 3.81. The van der Waals surface area contributed by atoms with E-state index in [2.05, 4.69) is 10.2 Å². The second kappa shape index (κ2) is 9.51. The molecule has 27 heavy (non-hydrogen) atoms. The minimum atomic E-state index is -0.523. The first-order chi connectivity index (χ1) is 13.0. The van der Waals surface area contributed by atoms with E-state index in [9.17, 15) is 14.0 Å². The molecule has 0 spiro atoms. The number of nitrogens with zero attached hydrogens (tertiary/aromatic N) is 1. The molecule has 0 unspecified atom stereocenters. The minimum absolute atomic E-state index is 0.113. The Morgan fingerprint density at radius 3 is 2.52 bits per heavy atom. The van der Waals surface area contributed by atoms with E-state index in [1.807, 2.05) is 0 Å². The fourth-order valence-electron chi connectivity index (χ4n) is 3.78. The molecule has 2 fully saturated rings. The highest BCUT2D eigenvalue weighted by atomic mass is 35.5. The number of hydrogen-bond acceptors (Lipinski definition) is 4. The van der Waals surface area contributed by atoms with Crippen molar-refractivity contribution in [2.75, 3.05) is 26.2 Å². The molecule has 7 heteroatoms. The van der Waals surface area contributed by atoms with Crippen molar-refractivity contribution in [1.82, 2.24) is 10.2 Å². The Hall–Kier alpha value is -1.66. The zero-order chi connectivity index (χ0) is 19.2. The number of piperidine rings is 1. The minimum Gasteiger partial charge on any atom is -0.461 e. The van der Waals surface area contributed by atoms with Crippen molar-refractivity contribution >= 4 is 23.5 Å². The zero-order valence-corrected chi connectivity index (χ0v) is 16.1. The lowest BCUT2D eigenvalue weighted by Crippen LogP contribution is -2.41. The Labute approximate surface area is 164 Å². The molecule has 148 valence electrons. The van der Waals surface area contributed by atoms with Crippen LogP contribution in [0.25, 0.3) is 0 Å². The summed E-state index contributed by atoms with van der Waals surface area (Å²) in [6.45, 7) is 2.50. The topological polar surface area (TPSA) is 58.6 Å². The van der Waals surface area contributed by atoms with Crippen molar-refractivity contribution in [3.05, 3.63) is 34.6 Å². The van der Waals surface area contributed by atoms with E-state index in [-0.39, 0.29) is 28.6 Å². The highest BCUT2D eigenvalue weighted by Crippen LogP contribution is 2.22. The maximum atomic E-state index is 13.4. The van der Waals surface area contributed by atoms with Gasteiger partial charge in [0.1, 0.15) is 11.9 Å². The van der Waals surface area contributed by atoms with Gasteiger partial charge in [-0.05, 0) is 75.7 Å². The molecular formula is C20H26ClFN2O3.